The number of amides is 2. The van der Waals surface area contributed by atoms with Gasteiger partial charge in [0, 0.05) is 42.2 Å². The van der Waals surface area contributed by atoms with Gasteiger partial charge >= 0.3 is 6.09 Å². The summed E-state index contributed by atoms with van der Waals surface area (Å²) in [5.74, 6) is -3.11. The fourth-order valence-corrected chi connectivity index (χ4v) is 7.82. The maximum atomic E-state index is 15.6. The Bertz CT molecular complexity index is 1860. The topological polar surface area (TPSA) is 122 Å². The van der Waals surface area contributed by atoms with Gasteiger partial charge in [0.25, 0.3) is 5.91 Å². The van der Waals surface area contributed by atoms with Gasteiger partial charge in [0.15, 0.2) is 0 Å². The lowest BCUT2D eigenvalue weighted by molar-refractivity contribution is -0.119. The molecule has 3 N–H and O–H groups in total. The number of halogens is 3. The van der Waals surface area contributed by atoms with Gasteiger partial charge in [0.05, 0.1) is 23.7 Å². The summed E-state index contributed by atoms with van der Waals surface area (Å²) in [6.45, 7) is 0.965. The number of ether oxygens (including phenoxy) is 1. The van der Waals surface area contributed by atoms with E-state index in [0.717, 1.165) is 7.11 Å². The summed E-state index contributed by atoms with van der Waals surface area (Å²) >= 11 is 6.10. The highest BCUT2D eigenvalue weighted by molar-refractivity contribution is 7.89. The predicted octanol–water partition coefficient (Wildman–Crippen LogP) is 5.47. The number of nitrogens with one attached hydrogen (secondary N) is 1. The van der Waals surface area contributed by atoms with Gasteiger partial charge in [0.2, 0.25) is 10.0 Å². The van der Waals surface area contributed by atoms with Crippen LogP contribution in [0.25, 0.3) is 0 Å². The number of anilines is 1. The Balaban J connectivity index is 1.49. The van der Waals surface area contributed by atoms with Gasteiger partial charge in [-0.15, -0.1) is 0 Å². The maximum Gasteiger partial charge on any atom is 0.420 e. The molecule has 0 spiro atoms. The number of hydrogen-bond acceptors (Lipinski definition) is 7. The lowest BCUT2D eigenvalue weighted by Gasteiger charge is -2.35. The number of imide groups is 1. The largest absolute Gasteiger partial charge is 0.452 e. The molecule has 4 aromatic rings. The van der Waals surface area contributed by atoms with Gasteiger partial charge in [-0.2, -0.15) is 4.31 Å². The third kappa shape index (κ3) is 7.58. The molecule has 1 fully saturated rings. The minimum absolute atomic E-state index is 0.000110. The fourth-order valence-electron chi connectivity index (χ4n) is 6.02. The Hall–Kier alpha value is -4.20. The molecular formula is C35H35ClF2N4O5S. The normalized spacial score (nSPS) is 16.6. The van der Waals surface area contributed by atoms with Crippen molar-refractivity contribution in [3.05, 3.63) is 130 Å². The molecule has 252 valence electrons. The van der Waals surface area contributed by atoms with Gasteiger partial charge in [-0.05, 0) is 72.5 Å². The van der Waals surface area contributed by atoms with Crippen molar-refractivity contribution in [2.24, 2.45) is 5.73 Å². The molecule has 4 aromatic carbocycles. The Morgan fingerprint density at radius 1 is 1.00 bits per heavy atom. The lowest BCUT2D eigenvalue weighted by Crippen LogP contribution is -2.53. The van der Waals surface area contributed by atoms with Crippen molar-refractivity contribution in [2.45, 2.75) is 35.7 Å². The van der Waals surface area contributed by atoms with Crippen molar-refractivity contribution in [3.63, 3.8) is 0 Å². The second-order valence-corrected chi connectivity index (χ2v) is 13.6. The van der Waals surface area contributed by atoms with Crippen molar-refractivity contribution in [2.75, 3.05) is 31.6 Å². The van der Waals surface area contributed by atoms with Gasteiger partial charge in [-0.3, -0.25) is 4.79 Å². The number of piperazine rings is 1. The van der Waals surface area contributed by atoms with Gasteiger partial charge in [-0.1, -0.05) is 60.1 Å². The summed E-state index contributed by atoms with van der Waals surface area (Å²) in [7, 11) is -2.77. The van der Waals surface area contributed by atoms with Crippen molar-refractivity contribution >= 4 is 39.3 Å². The third-order valence-corrected chi connectivity index (χ3v) is 10.6. The van der Waals surface area contributed by atoms with Crippen LogP contribution in [0.1, 0.15) is 29.0 Å². The quantitative estimate of drug-likeness (QED) is 0.226. The lowest BCUT2D eigenvalue weighted by atomic mass is 9.84. The standard InChI is InChI=1S/C35H35ClF2N4O5S/c1-47-35(44)42(34(43)33(39)32(23-13-15-25(36)16-14-23)24-7-5-8-26(37)21-24)31-12-6-11-30(38)29(31)18-17-27-22-40-19-20-41(27)48(45,46)28-9-3-2-4-10-28/h2-16,21,27,32-33,40H,17-20,22,39H2,1H3/t27-,32-,33-/m0/s1. The number of nitrogens with zero attached hydrogens (tertiary/aromatic N) is 2. The van der Waals surface area contributed by atoms with E-state index in [-0.39, 0.29) is 35.5 Å². The third-order valence-electron chi connectivity index (χ3n) is 8.37. The van der Waals surface area contributed by atoms with Crippen LogP contribution in [0.3, 0.4) is 0 Å². The average Bonchev–Trinajstić information content (AvgIpc) is 3.09. The number of rotatable bonds is 10. The van der Waals surface area contributed by atoms with E-state index in [2.05, 4.69) is 5.32 Å². The molecule has 13 heteroatoms. The number of carbonyl (C=O) groups is 2. The number of hydrogen-bond donors (Lipinski definition) is 2. The number of methoxy groups -OCH3 is 1. The van der Waals surface area contributed by atoms with E-state index in [1.807, 2.05) is 0 Å². The van der Waals surface area contributed by atoms with E-state index in [0.29, 0.717) is 34.1 Å². The molecular weight excluding hydrogens is 662 g/mol. The molecule has 0 aliphatic carbocycles. The first-order valence-corrected chi connectivity index (χ1v) is 17.1. The summed E-state index contributed by atoms with van der Waals surface area (Å²) in [6, 6.07) is 22.1. The van der Waals surface area contributed by atoms with Crippen LogP contribution >= 0.6 is 11.6 Å². The predicted molar refractivity (Wildman–Crippen MR) is 179 cm³/mol. The molecule has 2 amide bonds. The minimum Gasteiger partial charge on any atom is -0.452 e. The first-order valence-electron chi connectivity index (χ1n) is 15.3. The minimum atomic E-state index is -3.85. The van der Waals surface area contributed by atoms with Crippen molar-refractivity contribution in [3.8, 4) is 0 Å². The van der Waals surface area contributed by atoms with Crippen LogP contribution in [-0.4, -0.2) is 63.6 Å². The van der Waals surface area contributed by atoms with Crippen LogP contribution in [0.4, 0.5) is 19.3 Å². The summed E-state index contributed by atoms with van der Waals surface area (Å²) in [4.78, 5) is 28.4. The summed E-state index contributed by atoms with van der Waals surface area (Å²) in [6.07, 6.45) is -0.974. The summed E-state index contributed by atoms with van der Waals surface area (Å²) < 4.78 is 63.5. The molecule has 3 atom stereocenters. The molecule has 1 aliphatic heterocycles. The molecule has 1 heterocycles. The van der Waals surface area contributed by atoms with E-state index in [9.17, 15) is 22.4 Å². The maximum absolute atomic E-state index is 15.6. The zero-order valence-corrected chi connectivity index (χ0v) is 27.6. The Kier molecular flexibility index (Phi) is 11.2. The van der Waals surface area contributed by atoms with Gasteiger partial charge in [-0.25, -0.2) is 26.9 Å². The molecule has 48 heavy (non-hydrogen) atoms. The monoisotopic (exact) mass is 696 g/mol. The molecule has 0 unspecified atom stereocenters. The van der Waals surface area contributed by atoms with Crippen LogP contribution in [0.2, 0.25) is 5.02 Å². The smallest absolute Gasteiger partial charge is 0.420 e. The van der Waals surface area contributed by atoms with Crippen LogP contribution in [0, 0.1) is 11.6 Å². The van der Waals surface area contributed by atoms with Gasteiger partial charge in [0.1, 0.15) is 11.6 Å². The van der Waals surface area contributed by atoms with Gasteiger partial charge < -0.3 is 15.8 Å². The molecule has 0 aromatic heterocycles. The van der Waals surface area contributed by atoms with E-state index < -0.39 is 51.7 Å². The Morgan fingerprint density at radius 2 is 1.71 bits per heavy atom. The highest BCUT2D eigenvalue weighted by Gasteiger charge is 2.38. The van der Waals surface area contributed by atoms with Crippen molar-refractivity contribution in [1.82, 2.24) is 9.62 Å². The van der Waals surface area contributed by atoms with E-state index in [1.54, 1.807) is 48.5 Å². The fraction of sp³-hybridized carbons (Fsp3) is 0.257. The summed E-state index contributed by atoms with van der Waals surface area (Å²) in [5, 5.41) is 3.63. The second-order valence-electron chi connectivity index (χ2n) is 11.3. The van der Waals surface area contributed by atoms with E-state index >= 15 is 4.39 Å². The first kappa shape index (κ1) is 35.1. The molecule has 1 saturated heterocycles. The number of nitrogens with two attached hydrogens (primary N) is 1. The van der Waals surface area contributed by atoms with Crippen LogP contribution in [-0.2, 0) is 26.0 Å². The molecule has 5 rings (SSSR count). The van der Waals surface area contributed by atoms with Crippen molar-refractivity contribution < 1.29 is 31.5 Å². The second kappa shape index (κ2) is 15.3. The molecule has 9 nitrogen and oxygen atoms in total. The molecule has 0 radical (unpaired) electrons. The average molecular weight is 697 g/mol. The molecule has 1 aliphatic rings. The molecule has 0 bridgehead atoms. The number of carbonyl (C=O) groups excluding carboxylic acids is 2. The van der Waals surface area contributed by atoms with E-state index in [1.165, 1.54) is 52.8 Å². The van der Waals surface area contributed by atoms with Crippen LogP contribution in [0.15, 0.2) is 102 Å². The zero-order valence-electron chi connectivity index (χ0n) is 26.1. The number of sulfonamides is 1. The highest BCUT2D eigenvalue weighted by atomic mass is 35.5. The van der Waals surface area contributed by atoms with E-state index in [4.69, 9.17) is 22.1 Å². The van der Waals surface area contributed by atoms with Crippen LogP contribution < -0.4 is 16.0 Å². The Morgan fingerprint density at radius 3 is 2.40 bits per heavy atom. The number of benzene rings is 4. The zero-order chi connectivity index (χ0) is 34.4. The van der Waals surface area contributed by atoms with Crippen LogP contribution in [0.5, 0.6) is 0 Å². The van der Waals surface area contributed by atoms with Crippen molar-refractivity contribution in [1.29, 1.82) is 0 Å². The summed E-state index contributed by atoms with van der Waals surface area (Å²) in [5.41, 5.74) is 7.41. The Labute approximate surface area is 283 Å². The first-order chi connectivity index (χ1) is 23.0. The molecule has 0 saturated carbocycles. The highest BCUT2D eigenvalue weighted by Crippen LogP contribution is 2.33. The SMILES string of the molecule is COC(=O)N(C(=O)[C@@H](N)[C@@H](c1ccc(Cl)cc1)c1cccc(F)c1)c1cccc(F)c1CC[C@H]1CNCCN1S(=O)(=O)c1ccccc1.